The molecule has 218 valence electrons. The number of para-hydroxylation sites is 1. The van der Waals surface area contributed by atoms with E-state index >= 15 is 0 Å². The molecule has 0 saturated carbocycles. The zero-order valence-corrected chi connectivity index (χ0v) is 26.1. The molecule has 2 heterocycles. The molecule has 0 aliphatic carbocycles. The third-order valence-corrected chi connectivity index (χ3v) is 10.9. The number of sulfone groups is 1. The summed E-state index contributed by atoms with van der Waals surface area (Å²) in [5.41, 5.74) is 2.79. The largest absolute Gasteiger partial charge is 0.308 e. The van der Waals surface area contributed by atoms with Gasteiger partial charge in [-0.05, 0) is 68.0 Å². The van der Waals surface area contributed by atoms with Gasteiger partial charge in [0.15, 0.2) is 15.0 Å². The topological polar surface area (TPSA) is 108 Å². The Kier molecular flexibility index (Phi) is 9.22. The number of rotatable bonds is 8. The first-order valence-corrected chi connectivity index (χ1v) is 16.8. The molecule has 1 aliphatic heterocycles. The van der Waals surface area contributed by atoms with Gasteiger partial charge < -0.3 is 4.90 Å². The minimum Gasteiger partial charge on any atom is -0.308 e. The molecule has 0 radical (unpaired) electrons. The van der Waals surface area contributed by atoms with E-state index in [1.54, 1.807) is 12.1 Å². The summed E-state index contributed by atoms with van der Waals surface area (Å²) in [7, 11) is -3.47. The summed E-state index contributed by atoms with van der Waals surface area (Å²) in [6.45, 7) is 1.56. The Morgan fingerprint density at radius 2 is 1.61 bits per heavy atom. The second-order valence-corrected chi connectivity index (χ2v) is 14.9. The summed E-state index contributed by atoms with van der Waals surface area (Å²) in [5.74, 6) is -0.349. The van der Waals surface area contributed by atoms with Crippen molar-refractivity contribution in [2.75, 3.05) is 44.9 Å². The number of sulfonamides is 1. The molecule has 5 rings (SSSR count). The fourth-order valence-corrected chi connectivity index (χ4v) is 7.99. The van der Waals surface area contributed by atoms with Crippen LogP contribution in [0.2, 0.25) is 0 Å². The molecule has 0 unspecified atom stereocenters. The van der Waals surface area contributed by atoms with Crippen LogP contribution in [0.25, 0.3) is 10.2 Å². The van der Waals surface area contributed by atoms with E-state index in [0.717, 1.165) is 17.4 Å². The van der Waals surface area contributed by atoms with Gasteiger partial charge in [0.2, 0.25) is 10.0 Å². The zero-order chi connectivity index (χ0) is 28.7. The van der Waals surface area contributed by atoms with Gasteiger partial charge in [0.25, 0.3) is 5.91 Å². The smallest absolute Gasteiger partial charge is 0.260 e. The molecular weight excluding hydrogens is 604 g/mol. The minimum atomic E-state index is -3.74. The highest BCUT2D eigenvalue weighted by molar-refractivity contribution is 7.91. The van der Waals surface area contributed by atoms with Gasteiger partial charge in [0.05, 0.1) is 14.5 Å². The number of hydrogen-bond acceptors (Lipinski definition) is 8. The molecule has 0 N–H and O–H groups in total. The van der Waals surface area contributed by atoms with Crippen LogP contribution in [-0.4, -0.2) is 76.9 Å². The number of benzene rings is 3. The van der Waals surface area contributed by atoms with E-state index in [1.165, 1.54) is 50.9 Å². The maximum atomic E-state index is 13.7. The number of amides is 1. The molecule has 3 aromatic carbocycles. The van der Waals surface area contributed by atoms with Crippen LogP contribution in [0.4, 0.5) is 5.13 Å². The number of hydrogen-bond donors (Lipinski definition) is 0. The van der Waals surface area contributed by atoms with Crippen LogP contribution < -0.4 is 4.90 Å². The lowest BCUT2D eigenvalue weighted by Gasteiger charge is -2.28. The first-order valence-electron chi connectivity index (χ1n) is 12.7. The number of halogens is 1. The fourth-order valence-electron chi connectivity index (χ4n) is 4.66. The lowest BCUT2D eigenvalue weighted by Crippen LogP contribution is -2.37. The summed E-state index contributed by atoms with van der Waals surface area (Å²) in [6, 6.07) is 18.7. The average Bonchev–Trinajstić information content (AvgIpc) is 3.36. The van der Waals surface area contributed by atoms with E-state index in [-0.39, 0.29) is 28.1 Å². The van der Waals surface area contributed by atoms with Crippen LogP contribution >= 0.6 is 23.7 Å². The van der Waals surface area contributed by atoms with Crippen molar-refractivity contribution in [3.63, 3.8) is 0 Å². The molecule has 0 fully saturated rings. The van der Waals surface area contributed by atoms with Crippen molar-refractivity contribution < 1.29 is 21.6 Å². The monoisotopic (exact) mass is 634 g/mol. The molecule has 0 atom stereocenters. The third kappa shape index (κ3) is 6.47. The standard InChI is InChI=1S/C28H30N4O5S3.ClH/c1-30(2)17-18-32(28-29-26-24(38-28)9-6-10-25(26)39(3,34)35)27(33)21-11-13-23(14-12-21)40(36,37)31-16-15-20-7-4-5-8-22(20)19-31;/h4-14H,15-19H2,1-3H3;1H. The second kappa shape index (κ2) is 12.2. The van der Waals surface area contributed by atoms with Crippen molar-refractivity contribution in [2.24, 2.45) is 0 Å². The van der Waals surface area contributed by atoms with Crippen molar-refractivity contribution in [2.45, 2.75) is 22.8 Å². The first-order chi connectivity index (χ1) is 18.9. The molecule has 1 aliphatic rings. The molecule has 0 bridgehead atoms. The number of aromatic nitrogens is 1. The summed E-state index contributed by atoms with van der Waals surface area (Å²) >= 11 is 1.24. The quantitative estimate of drug-likeness (QED) is 0.287. The highest BCUT2D eigenvalue weighted by atomic mass is 35.5. The van der Waals surface area contributed by atoms with E-state index in [4.69, 9.17) is 0 Å². The SMILES string of the molecule is CN(C)CCN(C(=O)c1ccc(S(=O)(=O)N2CCc3ccccc3C2)cc1)c1nc2c(S(C)(=O)=O)cccc2s1.Cl. The van der Waals surface area contributed by atoms with E-state index in [0.29, 0.717) is 53.5 Å². The van der Waals surface area contributed by atoms with Crippen molar-refractivity contribution in [3.8, 4) is 0 Å². The van der Waals surface area contributed by atoms with Crippen LogP contribution in [-0.2, 0) is 32.8 Å². The average molecular weight is 635 g/mol. The number of nitrogens with zero attached hydrogens (tertiary/aromatic N) is 4. The minimum absolute atomic E-state index is 0. The number of carbonyl (C=O) groups is 1. The molecular formula is C28H31ClN4O5S3. The first kappa shape index (κ1) is 31.1. The summed E-state index contributed by atoms with van der Waals surface area (Å²) in [4.78, 5) is 22.0. The normalized spacial score (nSPS) is 14.0. The fraction of sp³-hybridized carbons (Fsp3) is 0.286. The Bertz CT molecular complexity index is 1790. The van der Waals surface area contributed by atoms with Gasteiger partial charge in [-0.15, -0.1) is 12.4 Å². The Morgan fingerprint density at radius 3 is 2.27 bits per heavy atom. The number of fused-ring (bicyclic) bond motifs is 2. The van der Waals surface area contributed by atoms with Gasteiger partial charge in [0.1, 0.15) is 5.52 Å². The van der Waals surface area contributed by atoms with Gasteiger partial charge in [-0.1, -0.05) is 41.7 Å². The van der Waals surface area contributed by atoms with Crippen LogP contribution in [0.3, 0.4) is 0 Å². The van der Waals surface area contributed by atoms with Crippen LogP contribution in [0, 0.1) is 0 Å². The molecule has 41 heavy (non-hydrogen) atoms. The van der Waals surface area contributed by atoms with Gasteiger partial charge >= 0.3 is 0 Å². The molecule has 0 saturated heterocycles. The van der Waals surface area contributed by atoms with Crippen molar-refractivity contribution in [3.05, 3.63) is 83.4 Å². The van der Waals surface area contributed by atoms with Gasteiger partial charge in [-0.2, -0.15) is 4.31 Å². The van der Waals surface area contributed by atoms with Gasteiger partial charge in [0, 0.05) is 38.0 Å². The van der Waals surface area contributed by atoms with Gasteiger partial charge in [-0.3, -0.25) is 9.69 Å². The summed E-state index contributed by atoms with van der Waals surface area (Å²) in [5, 5.41) is 0.377. The molecule has 4 aromatic rings. The lowest BCUT2D eigenvalue weighted by molar-refractivity contribution is 0.0985. The van der Waals surface area contributed by atoms with E-state index in [2.05, 4.69) is 4.98 Å². The predicted molar refractivity (Wildman–Crippen MR) is 164 cm³/mol. The van der Waals surface area contributed by atoms with E-state index < -0.39 is 19.9 Å². The highest BCUT2D eigenvalue weighted by Crippen LogP contribution is 2.33. The molecule has 1 aromatic heterocycles. The molecule has 0 spiro atoms. The number of thiazole rings is 1. The Labute approximate surface area is 250 Å². The second-order valence-electron chi connectivity index (χ2n) is 10.0. The number of likely N-dealkylation sites (N-methyl/N-ethyl adjacent to an activating group) is 1. The van der Waals surface area contributed by atoms with Crippen molar-refractivity contribution in [1.82, 2.24) is 14.2 Å². The summed E-state index contributed by atoms with van der Waals surface area (Å²) < 4.78 is 53.5. The zero-order valence-electron chi connectivity index (χ0n) is 22.8. The number of anilines is 1. The number of carbonyl (C=O) groups excluding carboxylic acids is 1. The summed E-state index contributed by atoms with van der Waals surface area (Å²) in [6.07, 6.45) is 1.78. The van der Waals surface area contributed by atoms with Crippen LogP contribution in [0.5, 0.6) is 0 Å². The highest BCUT2D eigenvalue weighted by Gasteiger charge is 2.29. The van der Waals surface area contributed by atoms with Crippen molar-refractivity contribution >= 4 is 64.9 Å². The molecule has 9 nitrogen and oxygen atoms in total. The third-order valence-electron chi connectivity index (χ3n) is 6.85. The van der Waals surface area contributed by atoms with Gasteiger partial charge in [-0.25, -0.2) is 21.8 Å². The Morgan fingerprint density at radius 1 is 0.927 bits per heavy atom. The van der Waals surface area contributed by atoms with Crippen molar-refractivity contribution in [1.29, 1.82) is 0 Å². The maximum Gasteiger partial charge on any atom is 0.260 e. The Balaban J connectivity index is 0.00000387. The molecule has 13 heteroatoms. The van der Waals surface area contributed by atoms with Crippen LogP contribution in [0.15, 0.2) is 76.5 Å². The van der Waals surface area contributed by atoms with Crippen LogP contribution in [0.1, 0.15) is 21.5 Å². The predicted octanol–water partition coefficient (Wildman–Crippen LogP) is 4.08. The molecule has 1 amide bonds. The maximum absolute atomic E-state index is 13.7. The van der Waals surface area contributed by atoms with E-state index in [1.807, 2.05) is 43.3 Å². The lowest BCUT2D eigenvalue weighted by atomic mass is 10.0. The Hall–Kier alpha value is -2.87. The van der Waals surface area contributed by atoms with E-state index in [9.17, 15) is 21.6 Å².